The van der Waals surface area contributed by atoms with Crippen molar-refractivity contribution in [1.82, 2.24) is 0 Å². The SMILES string of the molecule is OC1(c2ccccc2)C2CCCC1c1ccccc12. The van der Waals surface area contributed by atoms with Gasteiger partial charge in [-0.25, -0.2) is 0 Å². The van der Waals surface area contributed by atoms with Gasteiger partial charge in [0.25, 0.3) is 0 Å². The van der Waals surface area contributed by atoms with Crippen LogP contribution < -0.4 is 0 Å². The van der Waals surface area contributed by atoms with Crippen molar-refractivity contribution in [1.29, 1.82) is 0 Å². The summed E-state index contributed by atoms with van der Waals surface area (Å²) in [6.45, 7) is 0. The van der Waals surface area contributed by atoms with Gasteiger partial charge in [0.2, 0.25) is 0 Å². The maximum absolute atomic E-state index is 11.5. The van der Waals surface area contributed by atoms with Crippen LogP contribution in [0.4, 0.5) is 0 Å². The first kappa shape index (κ1) is 11.2. The van der Waals surface area contributed by atoms with E-state index < -0.39 is 5.60 Å². The molecular formula is C18H18O. The Balaban J connectivity index is 1.93. The van der Waals surface area contributed by atoms with Crippen LogP contribution in [0.3, 0.4) is 0 Å². The molecule has 2 aromatic carbocycles. The summed E-state index contributed by atoms with van der Waals surface area (Å²) in [4.78, 5) is 0. The van der Waals surface area contributed by atoms with Crippen molar-refractivity contribution in [3.8, 4) is 0 Å². The van der Waals surface area contributed by atoms with E-state index in [1.165, 1.54) is 17.5 Å². The molecule has 2 aliphatic carbocycles. The highest BCUT2D eigenvalue weighted by Crippen LogP contribution is 2.61. The van der Waals surface area contributed by atoms with Crippen LogP contribution in [0.1, 0.15) is 47.8 Å². The molecule has 2 unspecified atom stereocenters. The standard InChI is InChI=1S/C18H18O/c19-18(13-7-2-1-3-8-13)16-11-6-12-17(18)15-10-5-4-9-14(15)16/h1-5,7-10,16-17,19H,6,11-12H2. The molecule has 0 saturated heterocycles. The molecule has 1 heteroatoms. The number of hydrogen-bond acceptors (Lipinski definition) is 1. The molecule has 2 bridgehead atoms. The average Bonchev–Trinajstić information content (AvgIpc) is 2.62. The summed E-state index contributed by atoms with van der Waals surface area (Å²) in [6.07, 6.45) is 3.41. The topological polar surface area (TPSA) is 20.2 Å². The van der Waals surface area contributed by atoms with Crippen molar-refractivity contribution in [3.05, 3.63) is 71.3 Å². The van der Waals surface area contributed by atoms with E-state index in [9.17, 15) is 5.11 Å². The van der Waals surface area contributed by atoms with Crippen molar-refractivity contribution < 1.29 is 5.11 Å². The van der Waals surface area contributed by atoms with Gasteiger partial charge in [-0.2, -0.15) is 0 Å². The molecule has 0 amide bonds. The zero-order chi connectivity index (χ0) is 12.9. The first-order valence-corrected chi connectivity index (χ1v) is 7.18. The van der Waals surface area contributed by atoms with Crippen LogP contribution in [-0.4, -0.2) is 5.11 Å². The normalized spacial score (nSPS) is 32.1. The maximum atomic E-state index is 11.5. The Morgan fingerprint density at radius 3 is 1.89 bits per heavy atom. The second kappa shape index (κ2) is 3.94. The van der Waals surface area contributed by atoms with Crippen molar-refractivity contribution >= 4 is 0 Å². The van der Waals surface area contributed by atoms with Crippen molar-refractivity contribution in [2.45, 2.75) is 36.7 Å². The van der Waals surface area contributed by atoms with Crippen LogP contribution in [0, 0.1) is 0 Å². The van der Waals surface area contributed by atoms with Crippen molar-refractivity contribution in [2.75, 3.05) is 0 Å². The predicted molar refractivity (Wildman–Crippen MR) is 76.1 cm³/mol. The molecule has 2 atom stereocenters. The summed E-state index contributed by atoms with van der Waals surface area (Å²) < 4.78 is 0. The summed E-state index contributed by atoms with van der Waals surface area (Å²) in [5.41, 5.74) is 3.14. The highest BCUT2D eigenvalue weighted by atomic mass is 16.3. The molecule has 1 saturated carbocycles. The number of aliphatic hydroxyl groups is 1. The van der Waals surface area contributed by atoms with E-state index in [1.807, 2.05) is 18.2 Å². The summed E-state index contributed by atoms with van der Waals surface area (Å²) in [5.74, 6) is 0.537. The maximum Gasteiger partial charge on any atom is 0.103 e. The summed E-state index contributed by atoms with van der Waals surface area (Å²) in [6, 6.07) is 18.9. The Labute approximate surface area is 113 Å². The third-order valence-electron chi connectivity index (χ3n) is 5.03. The smallest absolute Gasteiger partial charge is 0.103 e. The van der Waals surface area contributed by atoms with Crippen LogP contribution >= 0.6 is 0 Å². The van der Waals surface area contributed by atoms with Gasteiger partial charge in [0.1, 0.15) is 5.60 Å². The van der Waals surface area contributed by atoms with Gasteiger partial charge >= 0.3 is 0 Å². The predicted octanol–water partition coefficient (Wildman–Crippen LogP) is 3.94. The van der Waals surface area contributed by atoms with Gasteiger partial charge in [-0.3, -0.25) is 0 Å². The third kappa shape index (κ3) is 1.39. The fourth-order valence-electron chi connectivity index (χ4n) is 4.25. The van der Waals surface area contributed by atoms with Gasteiger partial charge in [0.15, 0.2) is 0 Å². The minimum atomic E-state index is -0.691. The molecular weight excluding hydrogens is 232 g/mol. The molecule has 96 valence electrons. The quantitative estimate of drug-likeness (QED) is 0.812. The molecule has 2 aliphatic rings. The zero-order valence-corrected chi connectivity index (χ0v) is 10.9. The minimum absolute atomic E-state index is 0.268. The molecule has 19 heavy (non-hydrogen) atoms. The molecule has 0 heterocycles. The van der Waals surface area contributed by atoms with Crippen LogP contribution in [-0.2, 0) is 5.60 Å². The Morgan fingerprint density at radius 1 is 0.789 bits per heavy atom. The number of hydrogen-bond donors (Lipinski definition) is 1. The van der Waals surface area contributed by atoms with E-state index >= 15 is 0 Å². The summed E-state index contributed by atoms with van der Waals surface area (Å²) in [5, 5.41) is 11.5. The van der Waals surface area contributed by atoms with Crippen LogP contribution in [0.2, 0.25) is 0 Å². The molecule has 1 fully saturated rings. The van der Waals surface area contributed by atoms with Crippen molar-refractivity contribution in [3.63, 3.8) is 0 Å². The van der Waals surface area contributed by atoms with Crippen LogP contribution in [0.15, 0.2) is 54.6 Å². The first-order valence-electron chi connectivity index (χ1n) is 7.18. The van der Waals surface area contributed by atoms with Gasteiger partial charge in [-0.05, 0) is 29.5 Å². The van der Waals surface area contributed by atoms with E-state index in [4.69, 9.17) is 0 Å². The van der Waals surface area contributed by atoms with Gasteiger partial charge < -0.3 is 5.11 Å². The number of fused-ring (bicyclic) bond motifs is 5. The van der Waals surface area contributed by atoms with Crippen LogP contribution in [0.5, 0.6) is 0 Å². The lowest BCUT2D eigenvalue weighted by atomic mass is 9.69. The summed E-state index contributed by atoms with van der Waals surface area (Å²) in [7, 11) is 0. The lowest BCUT2D eigenvalue weighted by Crippen LogP contribution is -2.37. The van der Waals surface area contributed by atoms with E-state index in [0.717, 1.165) is 18.4 Å². The van der Waals surface area contributed by atoms with Gasteiger partial charge in [-0.1, -0.05) is 61.0 Å². The molecule has 1 nitrogen and oxygen atoms in total. The Bertz CT molecular complexity index is 571. The summed E-state index contributed by atoms with van der Waals surface area (Å²) >= 11 is 0. The number of rotatable bonds is 1. The minimum Gasteiger partial charge on any atom is -0.384 e. The van der Waals surface area contributed by atoms with Crippen LogP contribution in [0.25, 0.3) is 0 Å². The highest BCUT2D eigenvalue weighted by Gasteiger charge is 2.54. The monoisotopic (exact) mass is 250 g/mol. The average molecular weight is 250 g/mol. The van der Waals surface area contributed by atoms with E-state index in [2.05, 4.69) is 36.4 Å². The van der Waals surface area contributed by atoms with E-state index in [0.29, 0.717) is 0 Å². The largest absolute Gasteiger partial charge is 0.384 e. The Morgan fingerprint density at radius 2 is 1.32 bits per heavy atom. The zero-order valence-electron chi connectivity index (χ0n) is 10.9. The molecule has 4 rings (SSSR count). The second-order valence-electron chi connectivity index (χ2n) is 5.86. The van der Waals surface area contributed by atoms with Crippen molar-refractivity contribution in [2.24, 2.45) is 0 Å². The molecule has 0 aliphatic heterocycles. The molecule has 0 spiro atoms. The highest BCUT2D eigenvalue weighted by molar-refractivity contribution is 5.48. The van der Waals surface area contributed by atoms with Gasteiger partial charge in [0, 0.05) is 11.8 Å². The lowest BCUT2D eigenvalue weighted by Gasteiger charge is -2.40. The van der Waals surface area contributed by atoms with E-state index in [1.54, 1.807) is 0 Å². The Kier molecular flexibility index (Phi) is 2.33. The third-order valence-corrected chi connectivity index (χ3v) is 5.03. The first-order chi connectivity index (χ1) is 9.32. The van der Waals surface area contributed by atoms with E-state index in [-0.39, 0.29) is 11.8 Å². The number of benzene rings is 2. The van der Waals surface area contributed by atoms with Gasteiger partial charge in [0.05, 0.1) is 0 Å². The lowest BCUT2D eigenvalue weighted by molar-refractivity contribution is -0.0285. The van der Waals surface area contributed by atoms with Gasteiger partial charge in [-0.15, -0.1) is 0 Å². The molecule has 0 aromatic heterocycles. The molecule has 2 aromatic rings. The molecule has 0 radical (unpaired) electrons. The Hall–Kier alpha value is -1.60. The molecule has 1 N–H and O–H groups in total. The fourth-order valence-corrected chi connectivity index (χ4v) is 4.25. The fraction of sp³-hybridized carbons (Fsp3) is 0.333. The second-order valence-corrected chi connectivity index (χ2v) is 5.86.